The summed E-state index contributed by atoms with van der Waals surface area (Å²) in [7, 11) is 0. The van der Waals surface area contributed by atoms with Gasteiger partial charge in [0.25, 0.3) is 0 Å². The Hall–Kier alpha value is -17.1. The molecule has 26 rings (SSSR count). The summed E-state index contributed by atoms with van der Waals surface area (Å²) in [6.07, 6.45) is 12.9. The molecule has 12 nitrogen and oxygen atoms in total. The van der Waals surface area contributed by atoms with Gasteiger partial charge in [-0.15, -0.1) is 101 Å². The number of thiazole rings is 1. The van der Waals surface area contributed by atoms with E-state index in [4.69, 9.17) is 19.0 Å². The van der Waals surface area contributed by atoms with Crippen LogP contribution in [0.15, 0.2) is 494 Å². The first kappa shape index (κ1) is 97.7. The van der Waals surface area contributed by atoms with Gasteiger partial charge < -0.3 is 8.83 Å². The maximum Gasteiger partial charge on any atom is 3.00 e. The van der Waals surface area contributed by atoms with Crippen LogP contribution in [0, 0.1) is 64.1 Å². The Labute approximate surface area is 882 Å². The standard InChI is InChI=1S/2C23H19N2.2C21H15N2.C21H12NO2.C21H12NS2.2Rh/c2*1-17-23(18(2)25(24-17)22-11-7-4-8-12-22)21-15-13-20(14-16-21)19-9-5-3-6-10-19;2*1-3-7-17(8-4-1)18-11-13-19(14-12-18)20-15-22-23(16-20)21-9-5-2-6-10-21;2*1-2-7-19-17(6-1)18-9-8-15(13-20(18)24-19)14-4-3-5-16(12-14)21-22-10-11-23-21;;/h2*3-11,13-16H,1-2H3;2*1-9,11-16H;2*1-4,6-13H;;/q6*-1;2*+3. The molecule has 0 unspecified atom stereocenters. The van der Waals surface area contributed by atoms with E-state index in [2.05, 4.69) is 357 Å². The number of hydrogen-bond donors (Lipinski definition) is 0. The second-order valence-electron chi connectivity index (χ2n) is 34.3. The Morgan fingerprint density at radius 3 is 1.08 bits per heavy atom. The summed E-state index contributed by atoms with van der Waals surface area (Å²) < 4.78 is 21.6. The van der Waals surface area contributed by atoms with E-state index in [-0.39, 0.29) is 39.0 Å². The van der Waals surface area contributed by atoms with Gasteiger partial charge in [0, 0.05) is 93.6 Å². The predicted molar refractivity (Wildman–Crippen MR) is 590 cm³/mol. The number of thiophene rings is 1. The summed E-state index contributed by atoms with van der Waals surface area (Å²) in [5, 5.41) is 26.3. The van der Waals surface area contributed by atoms with Crippen LogP contribution in [0.5, 0.6) is 0 Å². The van der Waals surface area contributed by atoms with E-state index < -0.39 is 0 Å². The molecule has 146 heavy (non-hydrogen) atoms. The minimum absolute atomic E-state index is 0. The molecule has 16 heteroatoms. The Bertz CT molecular complexity index is 8210. The van der Waals surface area contributed by atoms with Gasteiger partial charge in [-0.1, -0.05) is 279 Å². The number of oxazole rings is 1. The third-order valence-corrected chi connectivity index (χ3v) is 27.0. The second kappa shape index (κ2) is 46.3. The molecule has 0 aliphatic rings. The maximum atomic E-state index is 5.98. The number of nitrogens with zero attached hydrogens (tertiary/aromatic N) is 10. The van der Waals surface area contributed by atoms with Crippen molar-refractivity contribution < 1.29 is 47.8 Å². The Balaban J connectivity index is 0.000000110. The van der Waals surface area contributed by atoms with Crippen molar-refractivity contribution in [1.82, 2.24) is 49.1 Å². The number of para-hydroxylation sites is 5. The summed E-state index contributed by atoms with van der Waals surface area (Å²) in [5.74, 6) is 0.571. The van der Waals surface area contributed by atoms with Crippen molar-refractivity contribution in [2.24, 2.45) is 0 Å². The van der Waals surface area contributed by atoms with Crippen LogP contribution < -0.4 is 0 Å². The van der Waals surface area contributed by atoms with Crippen molar-refractivity contribution >= 4 is 64.8 Å². The summed E-state index contributed by atoms with van der Waals surface area (Å²) in [5.41, 5.74) is 35.5. The molecule has 0 radical (unpaired) electrons. The molecule has 0 amide bonds. The second-order valence-corrected chi connectivity index (χ2v) is 36.3. The van der Waals surface area contributed by atoms with E-state index in [9.17, 15) is 0 Å². The summed E-state index contributed by atoms with van der Waals surface area (Å²) >= 11 is 3.50. The average molecular weight is 2100 g/mol. The van der Waals surface area contributed by atoms with Gasteiger partial charge in [0.1, 0.15) is 17.1 Å². The molecule has 8 aromatic heterocycles. The van der Waals surface area contributed by atoms with Crippen molar-refractivity contribution in [3.8, 4) is 156 Å². The molecule has 8 heterocycles. The molecule has 0 saturated carbocycles. The van der Waals surface area contributed by atoms with Crippen LogP contribution in [0.1, 0.15) is 22.8 Å². The minimum atomic E-state index is 0. The van der Waals surface area contributed by atoms with Gasteiger partial charge in [0.2, 0.25) is 0 Å². The number of aryl methyl sites for hydroxylation is 2. The average Bonchev–Trinajstić information content (AvgIpc) is 1.55. The van der Waals surface area contributed by atoms with Crippen LogP contribution in [0.4, 0.5) is 0 Å². The molecule has 0 spiro atoms. The van der Waals surface area contributed by atoms with Crippen LogP contribution in [-0.2, 0) is 39.0 Å². The number of furan rings is 1. The number of rotatable bonds is 16. The van der Waals surface area contributed by atoms with Gasteiger partial charge in [-0.05, 0) is 159 Å². The molecular formula is C130H92N10O2Rh2S2. The summed E-state index contributed by atoms with van der Waals surface area (Å²) in [6, 6.07) is 169. The monoisotopic (exact) mass is 2090 g/mol. The van der Waals surface area contributed by atoms with Crippen LogP contribution in [0.3, 0.4) is 0 Å². The predicted octanol–water partition coefficient (Wildman–Crippen LogP) is 33.6. The van der Waals surface area contributed by atoms with Gasteiger partial charge in [-0.25, -0.2) is 0 Å². The zero-order valence-corrected chi connectivity index (χ0v) is 84.9. The molecule has 0 bridgehead atoms. The smallest absolute Gasteiger partial charge is 0.489 e. The van der Waals surface area contributed by atoms with E-state index in [0.29, 0.717) is 5.89 Å². The van der Waals surface area contributed by atoms with Gasteiger partial charge in [-0.2, -0.15) is 129 Å². The zero-order valence-electron chi connectivity index (χ0n) is 80.0. The third kappa shape index (κ3) is 22.5. The number of aromatic nitrogens is 10. The fourth-order valence-electron chi connectivity index (χ4n) is 17.8. The molecule has 0 aliphatic heterocycles. The Morgan fingerprint density at radius 1 is 0.274 bits per heavy atom. The maximum absolute atomic E-state index is 5.98. The van der Waals surface area contributed by atoms with Crippen LogP contribution in [0.25, 0.3) is 198 Å². The van der Waals surface area contributed by atoms with Crippen LogP contribution in [-0.4, -0.2) is 49.1 Å². The number of benzene rings is 18. The molecule has 0 atom stereocenters. The SMILES string of the molecule is Cc1nn(-c2[c-]cccc2)c(C)c1-c1ccc(-c2ccccc2)cc1.Cc1nn(-c2[c-]cccc2)c(C)c1-c1ccc(-c2ccccc2)cc1.[Rh+3].[Rh+3].[c-]1ccc(-c2ccc3c(c2)oc2ccccc23)cc1-c1ncco1.[c-]1ccc(-c2ccc3c(c2)sc2ccccc23)cc1-c1nccs1.[c-]1ccccc1-n1cc(-c2ccc(-c3ccccc3)cc2)cn1.[c-]1ccccc1-n1cc(-c2ccc(-c3ccccc3)cc2)cn1. The van der Waals surface area contributed by atoms with Crippen molar-refractivity contribution in [2.45, 2.75) is 27.7 Å². The third-order valence-electron chi connectivity index (χ3n) is 25.0. The van der Waals surface area contributed by atoms with Gasteiger partial charge in [-0.3, -0.25) is 28.7 Å². The number of fused-ring (bicyclic) bond motifs is 6. The van der Waals surface area contributed by atoms with E-state index in [0.717, 1.165) is 117 Å². The van der Waals surface area contributed by atoms with E-state index in [1.165, 1.54) is 98.1 Å². The van der Waals surface area contributed by atoms with E-state index in [1.54, 1.807) is 23.8 Å². The topological polar surface area (TPSA) is 123 Å². The molecular weight excluding hydrogens is 2000 g/mol. The van der Waals surface area contributed by atoms with E-state index in [1.807, 2.05) is 230 Å². The summed E-state index contributed by atoms with van der Waals surface area (Å²) in [4.78, 5) is 8.57. The molecule has 0 N–H and O–H groups in total. The molecule has 0 fully saturated rings. The van der Waals surface area contributed by atoms with Gasteiger partial charge >= 0.3 is 39.0 Å². The van der Waals surface area contributed by atoms with Gasteiger partial charge in [0.05, 0.1) is 36.2 Å². The molecule has 0 aliphatic carbocycles. The Morgan fingerprint density at radius 2 is 0.637 bits per heavy atom. The van der Waals surface area contributed by atoms with Crippen molar-refractivity contribution in [3.05, 3.63) is 545 Å². The molecule has 26 aromatic rings. The van der Waals surface area contributed by atoms with Crippen LogP contribution in [0.2, 0.25) is 0 Å². The summed E-state index contributed by atoms with van der Waals surface area (Å²) in [6.45, 7) is 8.35. The first-order chi connectivity index (χ1) is 71.0. The van der Waals surface area contributed by atoms with Crippen LogP contribution >= 0.6 is 22.7 Å². The number of hydrogen-bond acceptors (Lipinski definition) is 10. The molecule has 0 saturated heterocycles. The quantitative estimate of drug-likeness (QED) is 0.0692. The fraction of sp³-hybridized carbons (Fsp3) is 0.0308. The van der Waals surface area contributed by atoms with Crippen molar-refractivity contribution in [1.29, 1.82) is 0 Å². The molecule has 18 aromatic carbocycles. The van der Waals surface area contributed by atoms with Crippen molar-refractivity contribution in [2.75, 3.05) is 0 Å². The Kier molecular flexibility index (Phi) is 31.0. The molecule has 704 valence electrons. The zero-order chi connectivity index (χ0) is 97.3. The normalized spacial score (nSPS) is 10.8. The minimum Gasteiger partial charge on any atom is -0.489 e. The van der Waals surface area contributed by atoms with Gasteiger partial charge in [0.15, 0.2) is 0 Å². The first-order valence-electron chi connectivity index (χ1n) is 47.4. The van der Waals surface area contributed by atoms with E-state index >= 15 is 0 Å². The fourth-order valence-corrected chi connectivity index (χ4v) is 19.6. The van der Waals surface area contributed by atoms with Crippen molar-refractivity contribution in [3.63, 3.8) is 0 Å². The first-order valence-corrected chi connectivity index (χ1v) is 49.1. The largest absolute Gasteiger partial charge is 3.00 e.